The molecule has 2 fully saturated rings. The summed E-state index contributed by atoms with van der Waals surface area (Å²) in [5.41, 5.74) is 0. The van der Waals surface area contributed by atoms with E-state index in [1.165, 1.54) is 0 Å². The molecule has 0 aromatic carbocycles. The molecule has 98 valence electrons. The fourth-order valence-electron chi connectivity index (χ4n) is 2.23. The SMILES string of the molecule is O=C(CN1CCOCC1)NCC1CCOCC1. The Balaban J connectivity index is 1.59. The highest BCUT2D eigenvalue weighted by atomic mass is 16.5. The van der Waals surface area contributed by atoms with Crippen LogP contribution < -0.4 is 5.32 Å². The third-order valence-corrected chi connectivity index (χ3v) is 3.40. The summed E-state index contributed by atoms with van der Waals surface area (Å²) >= 11 is 0. The first kappa shape index (κ1) is 12.8. The lowest BCUT2D eigenvalue weighted by atomic mass is 10.0. The number of ether oxygens (including phenoxy) is 2. The molecule has 1 N–H and O–H groups in total. The molecule has 2 rings (SSSR count). The smallest absolute Gasteiger partial charge is 0.234 e. The van der Waals surface area contributed by atoms with Crippen molar-refractivity contribution >= 4 is 5.91 Å². The van der Waals surface area contributed by atoms with E-state index in [0.29, 0.717) is 12.5 Å². The predicted molar refractivity (Wildman–Crippen MR) is 63.8 cm³/mol. The lowest BCUT2D eigenvalue weighted by molar-refractivity contribution is -0.123. The van der Waals surface area contributed by atoms with Crippen molar-refractivity contribution in [2.45, 2.75) is 12.8 Å². The monoisotopic (exact) mass is 242 g/mol. The Bertz CT molecular complexity index is 236. The van der Waals surface area contributed by atoms with Crippen LogP contribution in [0.1, 0.15) is 12.8 Å². The van der Waals surface area contributed by atoms with Crippen LogP contribution in [0, 0.1) is 5.92 Å². The molecule has 17 heavy (non-hydrogen) atoms. The quantitative estimate of drug-likeness (QED) is 0.745. The molecular formula is C12H22N2O3. The highest BCUT2D eigenvalue weighted by Crippen LogP contribution is 2.13. The van der Waals surface area contributed by atoms with Crippen molar-refractivity contribution in [3.05, 3.63) is 0 Å². The van der Waals surface area contributed by atoms with Crippen LogP contribution in [0.2, 0.25) is 0 Å². The maximum absolute atomic E-state index is 11.7. The Morgan fingerprint density at radius 1 is 1.12 bits per heavy atom. The number of morpholine rings is 1. The van der Waals surface area contributed by atoms with Gasteiger partial charge in [-0.05, 0) is 18.8 Å². The average molecular weight is 242 g/mol. The molecule has 0 saturated carbocycles. The zero-order valence-corrected chi connectivity index (χ0v) is 10.3. The highest BCUT2D eigenvalue weighted by molar-refractivity contribution is 5.78. The van der Waals surface area contributed by atoms with Gasteiger partial charge in [-0.3, -0.25) is 9.69 Å². The summed E-state index contributed by atoms with van der Waals surface area (Å²) in [5.74, 6) is 0.732. The third-order valence-electron chi connectivity index (χ3n) is 3.40. The highest BCUT2D eigenvalue weighted by Gasteiger charge is 2.17. The maximum Gasteiger partial charge on any atom is 0.234 e. The van der Waals surface area contributed by atoms with E-state index in [2.05, 4.69) is 10.2 Å². The second kappa shape index (κ2) is 6.93. The standard InChI is InChI=1S/C12H22N2O3/c15-12(10-14-3-7-17-8-4-14)13-9-11-1-5-16-6-2-11/h11H,1-10H2,(H,13,15). The molecule has 0 spiro atoms. The van der Waals surface area contributed by atoms with Gasteiger partial charge in [0.25, 0.3) is 0 Å². The molecule has 1 amide bonds. The molecule has 0 radical (unpaired) electrons. The van der Waals surface area contributed by atoms with Crippen molar-refractivity contribution in [1.29, 1.82) is 0 Å². The fraction of sp³-hybridized carbons (Fsp3) is 0.917. The molecule has 0 unspecified atom stereocenters. The van der Waals surface area contributed by atoms with Crippen LogP contribution in [0.15, 0.2) is 0 Å². The van der Waals surface area contributed by atoms with Crippen LogP contribution in [0.25, 0.3) is 0 Å². The van der Waals surface area contributed by atoms with Gasteiger partial charge in [0, 0.05) is 32.8 Å². The van der Waals surface area contributed by atoms with Crippen LogP contribution in [-0.4, -0.2) is 63.4 Å². The van der Waals surface area contributed by atoms with Gasteiger partial charge < -0.3 is 14.8 Å². The van der Waals surface area contributed by atoms with Crippen molar-refractivity contribution in [3.63, 3.8) is 0 Å². The van der Waals surface area contributed by atoms with Gasteiger partial charge in [-0.1, -0.05) is 0 Å². The number of nitrogens with zero attached hydrogens (tertiary/aromatic N) is 1. The molecule has 2 aliphatic heterocycles. The Morgan fingerprint density at radius 2 is 1.76 bits per heavy atom. The average Bonchev–Trinajstić information content (AvgIpc) is 2.39. The van der Waals surface area contributed by atoms with Gasteiger partial charge in [0.15, 0.2) is 0 Å². The van der Waals surface area contributed by atoms with E-state index in [9.17, 15) is 4.79 Å². The topological polar surface area (TPSA) is 50.8 Å². The minimum atomic E-state index is 0.137. The predicted octanol–water partition coefficient (Wildman–Crippen LogP) is -0.139. The molecule has 0 atom stereocenters. The lowest BCUT2D eigenvalue weighted by Gasteiger charge is -2.27. The summed E-state index contributed by atoms with van der Waals surface area (Å²) < 4.78 is 10.5. The van der Waals surface area contributed by atoms with E-state index in [0.717, 1.165) is 58.9 Å². The fourth-order valence-corrected chi connectivity index (χ4v) is 2.23. The minimum Gasteiger partial charge on any atom is -0.381 e. The van der Waals surface area contributed by atoms with E-state index >= 15 is 0 Å². The van der Waals surface area contributed by atoms with Gasteiger partial charge in [0.05, 0.1) is 19.8 Å². The summed E-state index contributed by atoms with van der Waals surface area (Å²) in [6.45, 7) is 6.20. The van der Waals surface area contributed by atoms with E-state index in [1.807, 2.05) is 0 Å². The van der Waals surface area contributed by atoms with Gasteiger partial charge >= 0.3 is 0 Å². The molecule has 5 heteroatoms. The first-order chi connectivity index (χ1) is 8.34. The molecule has 0 aromatic rings. The normalized spacial score (nSPS) is 23.5. The van der Waals surface area contributed by atoms with Crippen molar-refractivity contribution in [3.8, 4) is 0 Å². The van der Waals surface area contributed by atoms with Gasteiger partial charge in [0.1, 0.15) is 0 Å². The van der Waals surface area contributed by atoms with E-state index in [1.54, 1.807) is 0 Å². The summed E-state index contributed by atoms with van der Waals surface area (Å²) in [6, 6.07) is 0. The third kappa shape index (κ3) is 4.61. The zero-order chi connectivity index (χ0) is 11.9. The van der Waals surface area contributed by atoms with Crippen LogP contribution >= 0.6 is 0 Å². The van der Waals surface area contributed by atoms with Crippen LogP contribution in [0.5, 0.6) is 0 Å². The van der Waals surface area contributed by atoms with Gasteiger partial charge in [-0.25, -0.2) is 0 Å². The number of carbonyl (C=O) groups is 1. The van der Waals surface area contributed by atoms with Crippen LogP contribution in [0.3, 0.4) is 0 Å². The summed E-state index contributed by atoms with van der Waals surface area (Å²) in [7, 11) is 0. The maximum atomic E-state index is 11.7. The largest absolute Gasteiger partial charge is 0.381 e. The second-order valence-electron chi connectivity index (χ2n) is 4.75. The zero-order valence-electron chi connectivity index (χ0n) is 10.3. The summed E-state index contributed by atoms with van der Waals surface area (Å²) in [5, 5.41) is 3.02. The Kier molecular flexibility index (Phi) is 5.22. The molecule has 0 bridgehead atoms. The summed E-state index contributed by atoms with van der Waals surface area (Å²) in [4.78, 5) is 13.9. The number of rotatable bonds is 4. The molecule has 2 saturated heterocycles. The first-order valence-corrected chi connectivity index (χ1v) is 6.49. The van der Waals surface area contributed by atoms with Crippen molar-refractivity contribution < 1.29 is 14.3 Å². The Morgan fingerprint density at radius 3 is 2.47 bits per heavy atom. The summed E-state index contributed by atoms with van der Waals surface area (Å²) in [6.07, 6.45) is 2.13. The number of nitrogens with one attached hydrogen (secondary N) is 1. The molecule has 0 aliphatic carbocycles. The van der Waals surface area contributed by atoms with Gasteiger partial charge in [0.2, 0.25) is 5.91 Å². The van der Waals surface area contributed by atoms with Gasteiger partial charge in [-0.2, -0.15) is 0 Å². The molecule has 5 nitrogen and oxygen atoms in total. The van der Waals surface area contributed by atoms with E-state index in [-0.39, 0.29) is 5.91 Å². The van der Waals surface area contributed by atoms with E-state index in [4.69, 9.17) is 9.47 Å². The first-order valence-electron chi connectivity index (χ1n) is 6.49. The number of hydrogen-bond acceptors (Lipinski definition) is 4. The van der Waals surface area contributed by atoms with E-state index < -0.39 is 0 Å². The number of hydrogen-bond donors (Lipinski definition) is 1. The molecule has 2 aliphatic rings. The van der Waals surface area contributed by atoms with Gasteiger partial charge in [-0.15, -0.1) is 0 Å². The molecule has 2 heterocycles. The molecular weight excluding hydrogens is 220 g/mol. The molecule has 0 aromatic heterocycles. The minimum absolute atomic E-state index is 0.137. The number of carbonyl (C=O) groups excluding carboxylic acids is 1. The Hall–Kier alpha value is -0.650. The van der Waals surface area contributed by atoms with Crippen molar-refractivity contribution in [1.82, 2.24) is 10.2 Å². The van der Waals surface area contributed by atoms with Crippen LogP contribution in [0.4, 0.5) is 0 Å². The number of amides is 1. The second-order valence-corrected chi connectivity index (χ2v) is 4.75. The van der Waals surface area contributed by atoms with Crippen molar-refractivity contribution in [2.75, 3.05) is 52.6 Å². The van der Waals surface area contributed by atoms with Crippen molar-refractivity contribution in [2.24, 2.45) is 5.92 Å². The lowest BCUT2D eigenvalue weighted by Crippen LogP contribution is -2.44. The van der Waals surface area contributed by atoms with Crippen LogP contribution in [-0.2, 0) is 14.3 Å². The Labute approximate surface area is 102 Å².